The molecule has 2 heterocycles. The maximum absolute atomic E-state index is 13.4. The van der Waals surface area contributed by atoms with Crippen molar-refractivity contribution in [1.82, 2.24) is 9.55 Å². The van der Waals surface area contributed by atoms with Crippen molar-refractivity contribution in [3.8, 4) is 0 Å². The molecule has 0 aliphatic carbocycles. The lowest BCUT2D eigenvalue weighted by atomic mass is 10.00. The van der Waals surface area contributed by atoms with E-state index in [1.807, 2.05) is 37.3 Å². The zero-order chi connectivity index (χ0) is 19.1. The Morgan fingerprint density at radius 1 is 1.15 bits per heavy atom. The molecule has 2 aromatic heterocycles. The molecule has 1 aromatic carbocycles. The number of anilines is 2. The first-order valence-electron chi connectivity index (χ1n) is 8.47. The van der Waals surface area contributed by atoms with E-state index in [1.54, 1.807) is 30.8 Å². The van der Waals surface area contributed by atoms with Gasteiger partial charge in [-0.15, -0.1) is 0 Å². The van der Waals surface area contributed by atoms with Gasteiger partial charge in [0.25, 0.3) is 5.92 Å². The Morgan fingerprint density at radius 3 is 2.54 bits per heavy atom. The highest BCUT2D eigenvalue weighted by Crippen LogP contribution is 2.34. The minimum absolute atomic E-state index is 0.374. The summed E-state index contributed by atoms with van der Waals surface area (Å²) in [4.78, 5) is 4.32. The fourth-order valence-electron chi connectivity index (χ4n) is 3.08. The topological polar surface area (TPSA) is 50.1 Å². The highest BCUT2D eigenvalue weighted by molar-refractivity contribution is 5.94. The highest BCUT2D eigenvalue weighted by Gasteiger charge is 2.24. The molecule has 0 aliphatic rings. The van der Waals surface area contributed by atoms with Crippen LogP contribution in [0.4, 0.5) is 20.2 Å². The summed E-state index contributed by atoms with van der Waals surface area (Å²) in [7, 11) is 0. The smallest absolute Gasteiger partial charge is 0.262 e. The molecule has 138 valence electrons. The quantitative estimate of drug-likeness (QED) is 0.676. The molecule has 0 amide bonds. The van der Waals surface area contributed by atoms with Gasteiger partial charge in [-0.1, -0.05) is 6.07 Å². The number of halogens is 2. The van der Waals surface area contributed by atoms with Gasteiger partial charge in [0.05, 0.1) is 23.4 Å². The van der Waals surface area contributed by atoms with Gasteiger partial charge >= 0.3 is 0 Å². The number of alkyl halides is 2. The maximum atomic E-state index is 13.4. The minimum Gasteiger partial charge on any atom is -0.384 e. The standard InChI is InChI=1S/C20H23F2N3O/c1-13-8-10-23-18(19(2,3)26)17(13)24-15-6-5-7-16-14(15)9-11-25(16)12-20(4,21)22/h5-11,24,26H,12H2,1-4H3. The van der Waals surface area contributed by atoms with Gasteiger partial charge in [-0.05, 0) is 50.6 Å². The van der Waals surface area contributed by atoms with Crippen LogP contribution in [-0.4, -0.2) is 20.6 Å². The van der Waals surface area contributed by atoms with Crippen molar-refractivity contribution in [2.24, 2.45) is 0 Å². The molecular weight excluding hydrogens is 336 g/mol. The van der Waals surface area contributed by atoms with Gasteiger partial charge in [0.2, 0.25) is 0 Å². The summed E-state index contributed by atoms with van der Waals surface area (Å²) in [5.74, 6) is -2.79. The fraction of sp³-hybridized carbons (Fsp3) is 0.350. The SMILES string of the molecule is Cc1ccnc(C(C)(C)O)c1Nc1cccc2c1ccn2CC(C)(F)F. The molecule has 26 heavy (non-hydrogen) atoms. The zero-order valence-corrected chi connectivity index (χ0v) is 15.3. The molecule has 6 heteroatoms. The van der Waals surface area contributed by atoms with Crippen LogP contribution < -0.4 is 5.32 Å². The molecule has 2 N–H and O–H groups in total. The van der Waals surface area contributed by atoms with Crippen molar-refractivity contribution in [3.63, 3.8) is 0 Å². The molecule has 3 aromatic rings. The number of pyridine rings is 1. The second-order valence-electron chi connectivity index (χ2n) is 7.29. The largest absolute Gasteiger partial charge is 0.384 e. The number of aliphatic hydroxyl groups is 1. The molecule has 0 fully saturated rings. The van der Waals surface area contributed by atoms with Gasteiger partial charge in [-0.3, -0.25) is 4.98 Å². The molecule has 4 nitrogen and oxygen atoms in total. The van der Waals surface area contributed by atoms with E-state index in [9.17, 15) is 13.9 Å². The van der Waals surface area contributed by atoms with Crippen LogP contribution in [0, 0.1) is 6.92 Å². The van der Waals surface area contributed by atoms with Crippen LogP contribution in [0.5, 0.6) is 0 Å². The first kappa shape index (κ1) is 18.3. The van der Waals surface area contributed by atoms with Crippen LogP contribution >= 0.6 is 0 Å². The lowest BCUT2D eigenvalue weighted by Crippen LogP contribution is -2.20. The van der Waals surface area contributed by atoms with Crippen LogP contribution in [0.25, 0.3) is 10.9 Å². The summed E-state index contributed by atoms with van der Waals surface area (Å²) >= 11 is 0. The van der Waals surface area contributed by atoms with Crippen LogP contribution in [0.1, 0.15) is 32.0 Å². The molecule has 3 rings (SSSR count). The lowest BCUT2D eigenvalue weighted by Gasteiger charge is -2.23. The predicted molar refractivity (Wildman–Crippen MR) is 100 cm³/mol. The molecule has 0 aliphatic heterocycles. The third kappa shape index (κ3) is 3.70. The molecule has 0 saturated heterocycles. The van der Waals surface area contributed by atoms with Gasteiger partial charge in [0, 0.05) is 30.4 Å². The Morgan fingerprint density at radius 2 is 1.88 bits per heavy atom. The Hall–Kier alpha value is -2.47. The molecule has 0 bridgehead atoms. The molecule has 0 unspecified atom stereocenters. The highest BCUT2D eigenvalue weighted by atomic mass is 19.3. The Bertz CT molecular complexity index is 936. The van der Waals surface area contributed by atoms with E-state index in [1.165, 1.54) is 0 Å². The van der Waals surface area contributed by atoms with E-state index in [4.69, 9.17) is 0 Å². The van der Waals surface area contributed by atoms with Gasteiger partial charge in [-0.25, -0.2) is 8.78 Å². The van der Waals surface area contributed by atoms with Crippen LogP contribution in [-0.2, 0) is 12.1 Å². The lowest BCUT2D eigenvalue weighted by molar-refractivity contribution is 0.00510. The van der Waals surface area contributed by atoms with E-state index in [-0.39, 0.29) is 6.54 Å². The Balaban J connectivity index is 2.06. The molecular formula is C20H23F2N3O. The van der Waals surface area contributed by atoms with Gasteiger partial charge < -0.3 is 15.0 Å². The van der Waals surface area contributed by atoms with Crippen LogP contribution in [0.15, 0.2) is 42.7 Å². The average Bonchev–Trinajstić information content (AvgIpc) is 2.90. The van der Waals surface area contributed by atoms with E-state index >= 15 is 0 Å². The van der Waals surface area contributed by atoms with Crippen LogP contribution in [0.3, 0.4) is 0 Å². The number of rotatable bonds is 5. The monoisotopic (exact) mass is 359 g/mol. The minimum atomic E-state index is -2.79. The second kappa shape index (κ2) is 6.36. The van der Waals surface area contributed by atoms with E-state index in [2.05, 4.69) is 10.3 Å². The summed E-state index contributed by atoms with van der Waals surface area (Å²) in [6, 6.07) is 9.21. The molecule has 0 radical (unpaired) electrons. The number of aryl methyl sites for hydroxylation is 1. The third-order valence-corrected chi connectivity index (χ3v) is 4.26. The van der Waals surface area contributed by atoms with E-state index in [0.29, 0.717) is 5.69 Å². The normalized spacial score (nSPS) is 12.6. The summed E-state index contributed by atoms with van der Waals surface area (Å²) < 4.78 is 28.4. The van der Waals surface area contributed by atoms with Gasteiger partial charge in [0.15, 0.2) is 0 Å². The Kier molecular flexibility index (Phi) is 4.48. The van der Waals surface area contributed by atoms with Crippen molar-refractivity contribution in [2.45, 2.75) is 45.8 Å². The molecule has 0 spiro atoms. The van der Waals surface area contributed by atoms with Crippen molar-refractivity contribution >= 4 is 22.3 Å². The first-order valence-corrected chi connectivity index (χ1v) is 8.47. The van der Waals surface area contributed by atoms with Crippen LogP contribution in [0.2, 0.25) is 0 Å². The molecule has 0 saturated carbocycles. The number of fused-ring (bicyclic) bond motifs is 1. The maximum Gasteiger partial charge on any atom is 0.262 e. The number of nitrogens with one attached hydrogen (secondary N) is 1. The average molecular weight is 359 g/mol. The summed E-state index contributed by atoms with van der Waals surface area (Å²) in [5.41, 5.74) is 2.59. The third-order valence-electron chi connectivity index (χ3n) is 4.26. The van der Waals surface area contributed by atoms with Crippen molar-refractivity contribution in [1.29, 1.82) is 0 Å². The van der Waals surface area contributed by atoms with Crippen molar-refractivity contribution in [3.05, 3.63) is 54.0 Å². The summed E-state index contributed by atoms with van der Waals surface area (Å²) in [6.07, 6.45) is 3.33. The number of benzene rings is 1. The summed E-state index contributed by atoms with van der Waals surface area (Å²) in [6.45, 7) is 5.83. The second-order valence-corrected chi connectivity index (χ2v) is 7.29. The number of hydrogen-bond acceptors (Lipinski definition) is 3. The first-order chi connectivity index (χ1) is 12.1. The molecule has 0 atom stereocenters. The Labute approximate surface area is 151 Å². The number of hydrogen-bond donors (Lipinski definition) is 2. The van der Waals surface area contributed by atoms with Crippen molar-refractivity contribution in [2.75, 3.05) is 5.32 Å². The van der Waals surface area contributed by atoms with E-state index in [0.717, 1.165) is 34.8 Å². The number of nitrogens with zero attached hydrogens (tertiary/aromatic N) is 2. The summed E-state index contributed by atoms with van der Waals surface area (Å²) in [5, 5.41) is 14.6. The van der Waals surface area contributed by atoms with Gasteiger partial charge in [0.1, 0.15) is 5.60 Å². The van der Waals surface area contributed by atoms with E-state index < -0.39 is 11.5 Å². The number of aromatic nitrogens is 2. The zero-order valence-electron chi connectivity index (χ0n) is 15.3. The van der Waals surface area contributed by atoms with Gasteiger partial charge in [-0.2, -0.15) is 0 Å². The van der Waals surface area contributed by atoms with Crippen molar-refractivity contribution < 1.29 is 13.9 Å². The predicted octanol–water partition coefficient (Wildman–Crippen LogP) is 4.97. The fourth-order valence-corrected chi connectivity index (χ4v) is 3.08.